The minimum atomic E-state index is -0.478. The fourth-order valence-corrected chi connectivity index (χ4v) is 1.94. The Hall–Kier alpha value is -1.78. The fourth-order valence-electron chi connectivity index (χ4n) is 1.94. The summed E-state index contributed by atoms with van der Waals surface area (Å²) in [5, 5.41) is 0. The number of methoxy groups -OCH3 is 1. The van der Waals surface area contributed by atoms with Crippen LogP contribution >= 0.6 is 0 Å². The molecule has 0 atom stereocenters. The van der Waals surface area contributed by atoms with Crippen LogP contribution in [0.3, 0.4) is 0 Å². The van der Waals surface area contributed by atoms with Crippen LogP contribution in [0.15, 0.2) is 12.3 Å². The van der Waals surface area contributed by atoms with Crippen molar-refractivity contribution in [3.63, 3.8) is 0 Å². The van der Waals surface area contributed by atoms with Crippen molar-refractivity contribution in [2.24, 2.45) is 5.92 Å². The van der Waals surface area contributed by atoms with Crippen LogP contribution < -0.4 is 10.5 Å². The first kappa shape index (κ1) is 12.7. The van der Waals surface area contributed by atoms with Gasteiger partial charge in [-0.3, -0.25) is 0 Å². The molecule has 1 fully saturated rings. The second-order valence-electron chi connectivity index (χ2n) is 4.55. The predicted molar refractivity (Wildman–Crippen MR) is 67.4 cm³/mol. The van der Waals surface area contributed by atoms with E-state index in [1.807, 2.05) is 0 Å². The number of esters is 1. The lowest BCUT2D eigenvalue weighted by Gasteiger charge is -2.24. The molecule has 0 amide bonds. The second-order valence-corrected chi connectivity index (χ2v) is 4.55. The standard InChI is InChI=1S/C13H18N2O3/c1-17-13(16)11-7-10(14)8-15-12(11)18-6-5-9-3-2-4-9/h7-9H,2-6,14H2,1H3. The number of carbonyl (C=O) groups excluding carboxylic acids is 1. The molecular formula is C13H18N2O3. The highest BCUT2D eigenvalue weighted by Crippen LogP contribution is 2.29. The fraction of sp³-hybridized carbons (Fsp3) is 0.538. The van der Waals surface area contributed by atoms with E-state index in [-0.39, 0.29) is 5.56 Å². The molecule has 0 bridgehead atoms. The third kappa shape index (κ3) is 2.91. The first-order valence-electron chi connectivity index (χ1n) is 6.17. The van der Waals surface area contributed by atoms with E-state index < -0.39 is 5.97 Å². The van der Waals surface area contributed by atoms with E-state index >= 15 is 0 Å². The Bertz CT molecular complexity index is 430. The monoisotopic (exact) mass is 250 g/mol. The van der Waals surface area contributed by atoms with Crippen molar-refractivity contribution in [2.45, 2.75) is 25.7 Å². The molecule has 2 rings (SSSR count). The normalized spacial score (nSPS) is 14.9. The molecule has 1 aromatic rings. The first-order valence-corrected chi connectivity index (χ1v) is 6.17. The Balaban J connectivity index is 1.98. The molecule has 2 N–H and O–H groups in total. The average molecular weight is 250 g/mol. The highest BCUT2D eigenvalue weighted by atomic mass is 16.5. The van der Waals surface area contributed by atoms with E-state index in [0.717, 1.165) is 12.3 Å². The van der Waals surface area contributed by atoms with Crippen LogP contribution in [0.25, 0.3) is 0 Å². The van der Waals surface area contributed by atoms with E-state index in [0.29, 0.717) is 18.2 Å². The number of rotatable bonds is 5. The summed E-state index contributed by atoms with van der Waals surface area (Å²) >= 11 is 0. The van der Waals surface area contributed by atoms with Gasteiger partial charge in [0.05, 0.1) is 25.6 Å². The second kappa shape index (κ2) is 5.71. The van der Waals surface area contributed by atoms with Gasteiger partial charge in [0.15, 0.2) is 0 Å². The number of nitrogens with zero attached hydrogens (tertiary/aromatic N) is 1. The van der Waals surface area contributed by atoms with Gasteiger partial charge in [0.25, 0.3) is 0 Å². The number of anilines is 1. The average Bonchev–Trinajstić information content (AvgIpc) is 2.32. The lowest BCUT2D eigenvalue weighted by Crippen LogP contribution is -2.16. The number of nitrogens with two attached hydrogens (primary N) is 1. The number of ether oxygens (including phenoxy) is 2. The van der Waals surface area contributed by atoms with Gasteiger partial charge < -0.3 is 15.2 Å². The number of hydrogen-bond donors (Lipinski definition) is 1. The van der Waals surface area contributed by atoms with Gasteiger partial charge >= 0.3 is 5.97 Å². The molecule has 0 spiro atoms. The van der Waals surface area contributed by atoms with E-state index in [9.17, 15) is 4.79 Å². The predicted octanol–water partition coefficient (Wildman–Crippen LogP) is 2.02. The quantitative estimate of drug-likeness (QED) is 0.809. The molecule has 1 aliphatic carbocycles. The lowest BCUT2D eigenvalue weighted by atomic mass is 9.83. The van der Waals surface area contributed by atoms with Crippen LogP contribution in [0.1, 0.15) is 36.0 Å². The smallest absolute Gasteiger partial charge is 0.343 e. The zero-order valence-corrected chi connectivity index (χ0v) is 10.5. The maximum atomic E-state index is 11.6. The summed E-state index contributed by atoms with van der Waals surface area (Å²) in [6, 6.07) is 1.53. The summed E-state index contributed by atoms with van der Waals surface area (Å²) in [7, 11) is 1.32. The number of carbonyl (C=O) groups is 1. The van der Waals surface area contributed by atoms with E-state index in [4.69, 9.17) is 10.5 Å². The van der Waals surface area contributed by atoms with Gasteiger partial charge in [0.1, 0.15) is 5.56 Å². The summed E-state index contributed by atoms with van der Waals surface area (Å²) in [5.74, 6) is 0.587. The SMILES string of the molecule is COC(=O)c1cc(N)cnc1OCCC1CCC1. The van der Waals surface area contributed by atoms with Crippen molar-refractivity contribution >= 4 is 11.7 Å². The van der Waals surface area contributed by atoms with Gasteiger partial charge in [-0.05, 0) is 18.4 Å². The molecule has 1 aromatic heterocycles. The summed E-state index contributed by atoms with van der Waals surface area (Å²) in [6.07, 6.45) is 6.36. The van der Waals surface area contributed by atoms with Crippen molar-refractivity contribution in [3.8, 4) is 5.88 Å². The molecule has 0 aliphatic heterocycles. The van der Waals surface area contributed by atoms with Gasteiger partial charge in [-0.15, -0.1) is 0 Å². The highest BCUT2D eigenvalue weighted by molar-refractivity contribution is 5.92. The van der Waals surface area contributed by atoms with Gasteiger partial charge in [-0.2, -0.15) is 0 Å². The van der Waals surface area contributed by atoms with Crippen LogP contribution in [0.4, 0.5) is 5.69 Å². The van der Waals surface area contributed by atoms with E-state index in [1.165, 1.54) is 38.6 Å². The van der Waals surface area contributed by atoms with Crippen molar-refractivity contribution in [3.05, 3.63) is 17.8 Å². The molecule has 18 heavy (non-hydrogen) atoms. The van der Waals surface area contributed by atoms with Crippen LogP contribution in [-0.4, -0.2) is 24.7 Å². The van der Waals surface area contributed by atoms with Crippen molar-refractivity contribution in [2.75, 3.05) is 19.5 Å². The molecule has 1 saturated carbocycles. The van der Waals surface area contributed by atoms with Crippen molar-refractivity contribution < 1.29 is 14.3 Å². The molecule has 0 unspecified atom stereocenters. The molecule has 5 nitrogen and oxygen atoms in total. The first-order chi connectivity index (χ1) is 8.70. The molecular weight excluding hydrogens is 232 g/mol. The van der Waals surface area contributed by atoms with Gasteiger partial charge in [0.2, 0.25) is 5.88 Å². The van der Waals surface area contributed by atoms with Crippen LogP contribution in [-0.2, 0) is 4.74 Å². The number of aromatic nitrogens is 1. The van der Waals surface area contributed by atoms with Crippen LogP contribution in [0.2, 0.25) is 0 Å². The Morgan fingerprint density at radius 3 is 2.94 bits per heavy atom. The highest BCUT2D eigenvalue weighted by Gasteiger charge is 2.19. The number of nitrogen functional groups attached to an aromatic ring is 1. The third-order valence-corrected chi connectivity index (χ3v) is 3.27. The molecule has 0 saturated heterocycles. The summed E-state index contributed by atoms with van der Waals surface area (Å²) in [6.45, 7) is 0.575. The lowest BCUT2D eigenvalue weighted by molar-refractivity contribution is 0.0594. The Morgan fingerprint density at radius 2 is 2.33 bits per heavy atom. The zero-order valence-electron chi connectivity index (χ0n) is 10.5. The van der Waals surface area contributed by atoms with E-state index in [1.54, 1.807) is 0 Å². The van der Waals surface area contributed by atoms with Crippen LogP contribution in [0, 0.1) is 5.92 Å². The molecule has 5 heteroatoms. The van der Waals surface area contributed by atoms with Crippen LogP contribution in [0.5, 0.6) is 5.88 Å². The number of hydrogen-bond acceptors (Lipinski definition) is 5. The largest absolute Gasteiger partial charge is 0.477 e. The molecule has 0 aromatic carbocycles. The zero-order chi connectivity index (χ0) is 13.0. The third-order valence-electron chi connectivity index (χ3n) is 3.27. The van der Waals surface area contributed by atoms with Gasteiger partial charge in [0, 0.05) is 0 Å². The Kier molecular flexibility index (Phi) is 4.02. The minimum Gasteiger partial charge on any atom is -0.477 e. The van der Waals surface area contributed by atoms with Crippen molar-refractivity contribution in [1.29, 1.82) is 0 Å². The molecule has 1 heterocycles. The summed E-state index contributed by atoms with van der Waals surface area (Å²) < 4.78 is 10.2. The maximum Gasteiger partial charge on any atom is 0.343 e. The molecule has 1 aliphatic rings. The number of pyridine rings is 1. The minimum absolute atomic E-state index is 0.283. The Labute approximate surface area is 106 Å². The van der Waals surface area contributed by atoms with Gasteiger partial charge in [-0.1, -0.05) is 19.3 Å². The topological polar surface area (TPSA) is 74.4 Å². The van der Waals surface area contributed by atoms with Gasteiger partial charge in [-0.25, -0.2) is 9.78 Å². The summed E-state index contributed by atoms with van der Waals surface area (Å²) in [4.78, 5) is 15.6. The van der Waals surface area contributed by atoms with Crippen molar-refractivity contribution in [1.82, 2.24) is 4.98 Å². The Morgan fingerprint density at radius 1 is 1.56 bits per heavy atom. The molecule has 98 valence electrons. The molecule has 0 radical (unpaired) electrons. The summed E-state index contributed by atoms with van der Waals surface area (Å²) in [5.41, 5.74) is 6.30. The maximum absolute atomic E-state index is 11.6. The van der Waals surface area contributed by atoms with E-state index in [2.05, 4.69) is 9.72 Å².